The van der Waals surface area contributed by atoms with Crippen molar-refractivity contribution in [3.63, 3.8) is 0 Å². The van der Waals surface area contributed by atoms with Crippen molar-refractivity contribution >= 4 is 28.7 Å². The third kappa shape index (κ3) is 3.61. The molecule has 2 rings (SSSR count). The second kappa shape index (κ2) is 6.25. The lowest BCUT2D eigenvalue weighted by atomic mass is 10.1. The lowest BCUT2D eigenvalue weighted by Crippen LogP contribution is -2.05. The Hall–Kier alpha value is -2.27. The van der Waals surface area contributed by atoms with Gasteiger partial charge in [0.05, 0.1) is 15.6 Å². The van der Waals surface area contributed by atoms with E-state index < -0.39 is 4.92 Å². The molecule has 6 heteroatoms. The van der Waals surface area contributed by atoms with Crippen molar-refractivity contribution in [1.82, 2.24) is 0 Å². The lowest BCUT2D eigenvalue weighted by molar-refractivity contribution is -0.384. The zero-order chi connectivity index (χ0) is 14.5. The van der Waals surface area contributed by atoms with Crippen LogP contribution >= 0.6 is 11.6 Å². The summed E-state index contributed by atoms with van der Waals surface area (Å²) >= 11 is 5.99. The van der Waals surface area contributed by atoms with Gasteiger partial charge in [-0.2, -0.15) is 0 Å². The van der Waals surface area contributed by atoms with Crippen LogP contribution in [0.3, 0.4) is 0 Å². The Morgan fingerprint density at radius 2 is 1.90 bits per heavy atom. The number of nitro benzene ring substituents is 1. The molecule has 0 aromatic heterocycles. The van der Waals surface area contributed by atoms with Crippen LogP contribution in [0, 0.1) is 10.1 Å². The Balaban J connectivity index is 1.94. The van der Waals surface area contributed by atoms with E-state index >= 15 is 0 Å². The molecule has 0 aliphatic carbocycles. The molecule has 2 aromatic rings. The summed E-state index contributed by atoms with van der Waals surface area (Å²) < 4.78 is 0. The number of hydrogen-bond donors (Lipinski definition) is 2. The molecule has 0 saturated carbocycles. The Kier molecular flexibility index (Phi) is 4.42. The molecule has 0 radical (unpaired) electrons. The largest absolute Gasteiger partial charge is 0.399 e. The van der Waals surface area contributed by atoms with Crippen LogP contribution in [0.5, 0.6) is 0 Å². The van der Waals surface area contributed by atoms with Crippen LogP contribution in [0.1, 0.15) is 5.56 Å². The van der Waals surface area contributed by atoms with Gasteiger partial charge in [-0.25, -0.2) is 0 Å². The summed E-state index contributed by atoms with van der Waals surface area (Å²) in [5, 5.41) is 14.1. The molecule has 0 aliphatic rings. The first-order valence-corrected chi connectivity index (χ1v) is 6.46. The highest BCUT2D eigenvalue weighted by atomic mass is 35.5. The van der Waals surface area contributed by atoms with Crippen LogP contribution in [0.2, 0.25) is 5.02 Å². The van der Waals surface area contributed by atoms with E-state index in [-0.39, 0.29) is 5.69 Å². The van der Waals surface area contributed by atoms with Crippen molar-refractivity contribution in [1.29, 1.82) is 0 Å². The minimum Gasteiger partial charge on any atom is -0.399 e. The maximum Gasteiger partial charge on any atom is 0.271 e. The van der Waals surface area contributed by atoms with E-state index in [4.69, 9.17) is 17.3 Å². The van der Waals surface area contributed by atoms with Crippen LogP contribution in [0.4, 0.5) is 17.1 Å². The number of nitrogens with one attached hydrogen (secondary N) is 1. The average Bonchev–Trinajstić information content (AvgIpc) is 2.42. The van der Waals surface area contributed by atoms with Crippen molar-refractivity contribution in [2.45, 2.75) is 6.42 Å². The number of benzene rings is 2. The van der Waals surface area contributed by atoms with E-state index in [2.05, 4.69) is 5.32 Å². The summed E-state index contributed by atoms with van der Waals surface area (Å²) in [4.78, 5) is 10.1. The number of nitro groups is 1. The van der Waals surface area contributed by atoms with E-state index in [1.807, 2.05) is 24.3 Å². The maximum atomic E-state index is 10.6. The molecular weight excluding hydrogens is 278 g/mol. The molecule has 0 unspecified atom stereocenters. The van der Waals surface area contributed by atoms with Crippen molar-refractivity contribution in [3.8, 4) is 0 Å². The number of non-ortho nitro benzene ring substituents is 1. The number of halogens is 1. The fraction of sp³-hybridized carbons (Fsp3) is 0.143. The lowest BCUT2D eigenvalue weighted by Gasteiger charge is -2.08. The molecule has 104 valence electrons. The summed E-state index contributed by atoms with van der Waals surface area (Å²) in [5.41, 5.74) is 8.18. The number of rotatable bonds is 5. The van der Waals surface area contributed by atoms with Gasteiger partial charge in [-0.1, -0.05) is 23.7 Å². The summed E-state index contributed by atoms with van der Waals surface area (Å²) in [7, 11) is 0. The zero-order valence-electron chi connectivity index (χ0n) is 10.7. The second-order valence-electron chi connectivity index (χ2n) is 4.34. The molecule has 0 saturated heterocycles. The van der Waals surface area contributed by atoms with Gasteiger partial charge in [0.15, 0.2) is 0 Å². The summed E-state index contributed by atoms with van der Waals surface area (Å²) in [6.07, 6.45) is 0.813. The predicted molar refractivity (Wildman–Crippen MR) is 81.2 cm³/mol. The number of hydrogen-bond acceptors (Lipinski definition) is 4. The van der Waals surface area contributed by atoms with Gasteiger partial charge in [-0.15, -0.1) is 0 Å². The summed E-state index contributed by atoms with van der Waals surface area (Å²) in [5.74, 6) is 0. The first-order chi connectivity index (χ1) is 9.56. The molecule has 0 bridgehead atoms. The molecule has 20 heavy (non-hydrogen) atoms. The quantitative estimate of drug-likeness (QED) is 0.502. The summed E-state index contributed by atoms with van der Waals surface area (Å²) in [6.45, 7) is 0.682. The second-order valence-corrected chi connectivity index (χ2v) is 4.75. The molecule has 5 nitrogen and oxygen atoms in total. The molecule has 0 heterocycles. The molecule has 0 atom stereocenters. The fourth-order valence-corrected chi connectivity index (χ4v) is 2.03. The zero-order valence-corrected chi connectivity index (χ0v) is 11.4. The Morgan fingerprint density at radius 1 is 1.20 bits per heavy atom. The first-order valence-electron chi connectivity index (χ1n) is 6.08. The van der Waals surface area contributed by atoms with E-state index in [1.165, 1.54) is 12.1 Å². The third-order valence-electron chi connectivity index (χ3n) is 2.87. The molecule has 2 aromatic carbocycles. The highest BCUT2D eigenvalue weighted by Gasteiger charge is 2.08. The van der Waals surface area contributed by atoms with E-state index in [0.29, 0.717) is 17.3 Å². The molecule has 0 aliphatic heterocycles. The van der Waals surface area contributed by atoms with Crippen LogP contribution in [-0.4, -0.2) is 11.5 Å². The van der Waals surface area contributed by atoms with Crippen LogP contribution in [0.15, 0.2) is 42.5 Å². The van der Waals surface area contributed by atoms with Crippen LogP contribution < -0.4 is 11.1 Å². The molecule has 3 N–H and O–H groups in total. The van der Waals surface area contributed by atoms with Crippen molar-refractivity contribution in [2.24, 2.45) is 0 Å². The van der Waals surface area contributed by atoms with E-state index in [0.717, 1.165) is 17.7 Å². The van der Waals surface area contributed by atoms with E-state index in [1.54, 1.807) is 6.07 Å². The minimum absolute atomic E-state index is 0.0147. The molecule has 0 spiro atoms. The van der Waals surface area contributed by atoms with Crippen molar-refractivity contribution in [3.05, 3.63) is 63.2 Å². The van der Waals surface area contributed by atoms with Crippen LogP contribution in [-0.2, 0) is 6.42 Å². The highest BCUT2D eigenvalue weighted by molar-refractivity contribution is 6.33. The average molecular weight is 292 g/mol. The van der Waals surface area contributed by atoms with Gasteiger partial charge in [-0.05, 0) is 30.2 Å². The van der Waals surface area contributed by atoms with Gasteiger partial charge < -0.3 is 11.1 Å². The SMILES string of the molecule is Nc1ccc(CCNc2ccc([N+](=O)[O-])cc2Cl)cc1. The van der Waals surface area contributed by atoms with Gasteiger partial charge in [0, 0.05) is 24.4 Å². The highest BCUT2D eigenvalue weighted by Crippen LogP contribution is 2.26. The predicted octanol–water partition coefficient (Wildman–Crippen LogP) is 3.49. The standard InChI is InChI=1S/C14H14ClN3O2/c15-13-9-12(18(19)20)5-6-14(13)17-8-7-10-1-3-11(16)4-2-10/h1-6,9,17H,7-8,16H2. The van der Waals surface area contributed by atoms with Gasteiger partial charge in [0.25, 0.3) is 5.69 Å². The normalized spacial score (nSPS) is 10.2. The molecule has 0 amide bonds. The van der Waals surface area contributed by atoms with Crippen LogP contribution in [0.25, 0.3) is 0 Å². The number of nitrogens with two attached hydrogens (primary N) is 1. The maximum absolute atomic E-state index is 10.6. The van der Waals surface area contributed by atoms with Gasteiger partial charge in [-0.3, -0.25) is 10.1 Å². The van der Waals surface area contributed by atoms with Crippen molar-refractivity contribution < 1.29 is 4.92 Å². The minimum atomic E-state index is -0.468. The Morgan fingerprint density at radius 3 is 2.50 bits per heavy atom. The number of nitrogen functional groups attached to an aromatic ring is 1. The van der Waals surface area contributed by atoms with Gasteiger partial charge >= 0.3 is 0 Å². The Labute approximate surface area is 121 Å². The third-order valence-corrected chi connectivity index (χ3v) is 3.19. The summed E-state index contributed by atoms with van der Waals surface area (Å²) in [6, 6.07) is 12.0. The topological polar surface area (TPSA) is 81.2 Å². The Bertz CT molecular complexity index is 614. The first kappa shape index (κ1) is 14.1. The molecular formula is C14H14ClN3O2. The smallest absolute Gasteiger partial charge is 0.271 e. The monoisotopic (exact) mass is 291 g/mol. The van der Waals surface area contributed by atoms with Gasteiger partial charge in [0.1, 0.15) is 0 Å². The van der Waals surface area contributed by atoms with Gasteiger partial charge in [0.2, 0.25) is 0 Å². The fourth-order valence-electron chi connectivity index (χ4n) is 1.79. The number of anilines is 2. The molecule has 0 fully saturated rings. The number of nitrogens with zero attached hydrogens (tertiary/aromatic N) is 1. The van der Waals surface area contributed by atoms with E-state index in [9.17, 15) is 10.1 Å². The van der Waals surface area contributed by atoms with Crippen molar-refractivity contribution in [2.75, 3.05) is 17.6 Å².